The average molecular weight is 705 g/mol. The number of fused-ring (bicyclic) bond motifs is 2. The molecule has 4 heterocycles. The molecule has 6 N–H and O–H groups in total. The maximum Gasteiger partial charge on any atom is 0.353 e. The van der Waals surface area contributed by atoms with Gasteiger partial charge in [-0.3, -0.25) is 20.1 Å². The summed E-state index contributed by atoms with van der Waals surface area (Å²) in [5.41, 5.74) is 9.08. The van der Waals surface area contributed by atoms with E-state index in [1.54, 1.807) is 24.8 Å². The molecular formula is C37H36N8O5S. The van der Waals surface area contributed by atoms with E-state index < -0.39 is 28.9 Å². The van der Waals surface area contributed by atoms with Crippen molar-refractivity contribution in [1.82, 2.24) is 30.6 Å². The number of anilines is 4. The van der Waals surface area contributed by atoms with Crippen molar-refractivity contribution in [2.24, 2.45) is 0 Å². The zero-order valence-electron chi connectivity index (χ0n) is 27.9. The Labute approximate surface area is 296 Å². The van der Waals surface area contributed by atoms with Crippen LogP contribution in [0.3, 0.4) is 0 Å². The Kier molecular flexibility index (Phi) is 11.0. The molecule has 1 atom stereocenters. The highest BCUT2D eigenvalue weighted by molar-refractivity contribution is 7.92. The fourth-order valence-electron chi connectivity index (χ4n) is 5.78. The molecule has 6 aromatic rings. The highest BCUT2D eigenvalue weighted by Crippen LogP contribution is 2.36. The number of aromatic nitrogens is 4. The SMILES string of the molecule is Cc1c(Nc2nccc3cc(CNCC(=O)O)cnc23)cccc1-c1cccc(Nc2nccc3cc(CNC[S@@+]([O-])CC(=O)O)cnc23)c1C. The van der Waals surface area contributed by atoms with Gasteiger partial charge >= 0.3 is 11.9 Å². The molecule has 14 heteroatoms. The van der Waals surface area contributed by atoms with E-state index in [0.717, 1.165) is 55.5 Å². The number of carboxylic acid groups (broad SMARTS) is 2. The predicted octanol–water partition coefficient (Wildman–Crippen LogP) is 5.40. The molecule has 4 aromatic heterocycles. The van der Waals surface area contributed by atoms with Crippen LogP contribution in [0.2, 0.25) is 0 Å². The molecular weight excluding hydrogens is 669 g/mol. The minimum atomic E-state index is -1.49. The van der Waals surface area contributed by atoms with Crippen molar-refractivity contribution in [3.8, 4) is 11.1 Å². The number of benzene rings is 2. The lowest BCUT2D eigenvalue weighted by Gasteiger charge is -2.18. The van der Waals surface area contributed by atoms with Gasteiger partial charge in [0.05, 0.1) is 6.54 Å². The summed E-state index contributed by atoms with van der Waals surface area (Å²) in [5, 5.41) is 32.4. The van der Waals surface area contributed by atoms with Crippen LogP contribution >= 0.6 is 0 Å². The molecule has 0 aliphatic heterocycles. The number of nitrogens with one attached hydrogen (secondary N) is 4. The first-order valence-corrected chi connectivity index (χ1v) is 17.6. The van der Waals surface area contributed by atoms with Crippen LogP contribution in [0.25, 0.3) is 32.9 Å². The molecule has 13 nitrogen and oxygen atoms in total. The molecule has 0 amide bonds. The van der Waals surface area contributed by atoms with Crippen molar-refractivity contribution in [3.05, 3.63) is 108 Å². The second-order valence-electron chi connectivity index (χ2n) is 11.9. The Balaban J connectivity index is 1.20. The van der Waals surface area contributed by atoms with Crippen LogP contribution in [0.1, 0.15) is 22.3 Å². The molecule has 0 saturated heterocycles. The van der Waals surface area contributed by atoms with Crippen LogP contribution in [-0.4, -0.2) is 64.8 Å². The number of carbonyl (C=O) groups is 2. The van der Waals surface area contributed by atoms with Crippen molar-refractivity contribution in [3.63, 3.8) is 0 Å². The number of carboxylic acids is 2. The smallest absolute Gasteiger partial charge is 0.353 e. The molecule has 0 radical (unpaired) electrons. The second kappa shape index (κ2) is 15.9. The summed E-state index contributed by atoms with van der Waals surface area (Å²) in [6, 6.07) is 19.9. The quantitative estimate of drug-likeness (QED) is 0.0744. The standard InChI is InChI=1S/C37H36N8O5S/c1-22-28(5-3-7-30(22)44-36-34-26(9-11-40-36)13-24(17-42-34)15-38-19-32(46)47)29-6-4-8-31(23(29)2)45-37-35-27(10-12-41-37)14-25(18-43-35)16-39-21-51(50)20-33(48)49/h3-14,17-18,38-39H,15-16,19-21H2,1-2H3,(H,40,44)(H,41,45)(H,46,47)(H,48,49)/t51-/m0/s1. The van der Waals surface area contributed by atoms with Crippen molar-refractivity contribution in [2.75, 3.05) is 28.8 Å². The van der Waals surface area contributed by atoms with E-state index in [2.05, 4.69) is 67.2 Å². The van der Waals surface area contributed by atoms with Crippen molar-refractivity contribution in [2.45, 2.75) is 26.9 Å². The number of pyridine rings is 4. The van der Waals surface area contributed by atoms with E-state index >= 15 is 0 Å². The topological polar surface area (TPSA) is 197 Å². The van der Waals surface area contributed by atoms with Gasteiger partial charge < -0.3 is 30.7 Å². The van der Waals surface area contributed by atoms with Crippen LogP contribution in [0.4, 0.5) is 23.0 Å². The lowest BCUT2D eigenvalue weighted by Crippen LogP contribution is -2.27. The van der Waals surface area contributed by atoms with Crippen LogP contribution in [-0.2, 0) is 33.9 Å². The molecule has 2 aromatic carbocycles. The first-order valence-electron chi connectivity index (χ1n) is 16.1. The van der Waals surface area contributed by atoms with Crippen molar-refractivity contribution in [1.29, 1.82) is 0 Å². The van der Waals surface area contributed by atoms with E-state index in [0.29, 0.717) is 35.8 Å². The largest absolute Gasteiger partial charge is 0.615 e. The van der Waals surface area contributed by atoms with E-state index in [9.17, 15) is 14.1 Å². The van der Waals surface area contributed by atoms with Gasteiger partial charge in [-0.15, -0.1) is 0 Å². The molecule has 6 rings (SSSR count). The minimum absolute atomic E-state index is 0.0798. The molecule has 0 fully saturated rings. The minimum Gasteiger partial charge on any atom is -0.615 e. The predicted molar refractivity (Wildman–Crippen MR) is 199 cm³/mol. The van der Waals surface area contributed by atoms with Crippen LogP contribution in [0, 0.1) is 13.8 Å². The number of hydrogen-bond acceptors (Lipinski definition) is 11. The number of aliphatic carboxylic acids is 2. The average Bonchev–Trinajstić information content (AvgIpc) is 3.10. The Morgan fingerprint density at radius 1 is 0.706 bits per heavy atom. The summed E-state index contributed by atoms with van der Waals surface area (Å²) < 4.78 is 11.8. The lowest BCUT2D eigenvalue weighted by molar-refractivity contribution is -0.136. The van der Waals surface area contributed by atoms with Crippen molar-refractivity contribution < 1.29 is 24.4 Å². The van der Waals surface area contributed by atoms with E-state index in [1.807, 2.05) is 48.5 Å². The number of rotatable bonds is 15. The third-order valence-corrected chi connectivity index (χ3v) is 9.35. The highest BCUT2D eigenvalue weighted by Gasteiger charge is 2.15. The molecule has 0 bridgehead atoms. The third kappa shape index (κ3) is 8.56. The molecule has 0 saturated carbocycles. The van der Waals surface area contributed by atoms with E-state index in [-0.39, 0.29) is 12.4 Å². The van der Waals surface area contributed by atoms with Gasteiger partial charge in [0.2, 0.25) is 5.75 Å². The Morgan fingerprint density at radius 2 is 1.22 bits per heavy atom. The normalized spacial score (nSPS) is 11.8. The molecule has 260 valence electrons. The summed E-state index contributed by atoms with van der Waals surface area (Å²) in [5.74, 6) is -1.09. The summed E-state index contributed by atoms with van der Waals surface area (Å²) >= 11 is -1.49. The monoisotopic (exact) mass is 704 g/mol. The fourth-order valence-corrected chi connectivity index (χ4v) is 6.49. The lowest BCUT2D eigenvalue weighted by atomic mass is 9.94. The van der Waals surface area contributed by atoms with Gasteiger partial charge in [0.1, 0.15) is 11.0 Å². The maximum absolute atomic E-state index is 11.8. The summed E-state index contributed by atoms with van der Waals surface area (Å²) in [4.78, 5) is 40.1. The zero-order valence-corrected chi connectivity index (χ0v) is 28.8. The van der Waals surface area contributed by atoms with E-state index in [1.165, 1.54) is 0 Å². The number of hydrogen-bond donors (Lipinski definition) is 6. The van der Waals surface area contributed by atoms with Crippen LogP contribution in [0.5, 0.6) is 0 Å². The van der Waals surface area contributed by atoms with E-state index in [4.69, 9.17) is 10.2 Å². The Morgan fingerprint density at radius 3 is 1.71 bits per heavy atom. The highest BCUT2D eigenvalue weighted by atomic mass is 32.2. The van der Waals surface area contributed by atoms with Crippen molar-refractivity contribution >= 4 is 67.9 Å². The summed E-state index contributed by atoms with van der Waals surface area (Å²) in [7, 11) is 0. The molecule has 0 aliphatic rings. The van der Waals surface area contributed by atoms with Crippen LogP contribution < -0.4 is 21.3 Å². The molecule has 51 heavy (non-hydrogen) atoms. The Bertz CT molecular complexity index is 2230. The zero-order chi connectivity index (χ0) is 35.9. The second-order valence-corrected chi connectivity index (χ2v) is 13.4. The van der Waals surface area contributed by atoms with Gasteiger partial charge in [-0.25, -0.2) is 14.8 Å². The summed E-state index contributed by atoms with van der Waals surface area (Å²) in [6.45, 7) is 4.79. The molecule has 0 spiro atoms. The molecule has 0 aliphatic carbocycles. The van der Waals surface area contributed by atoms with Gasteiger partial charge in [0.25, 0.3) is 0 Å². The van der Waals surface area contributed by atoms with Gasteiger partial charge in [0.15, 0.2) is 17.5 Å². The van der Waals surface area contributed by atoms with Gasteiger partial charge in [0, 0.05) is 60.0 Å². The first-order chi connectivity index (χ1) is 24.7. The van der Waals surface area contributed by atoms with Gasteiger partial charge in [-0.2, -0.15) is 0 Å². The van der Waals surface area contributed by atoms with Gasteiger partial charge in [-0.05, 0) is 94.8 Å². The number of nitrogens with zero attached hydrogens (tertiary/aromatic N) is 4. The van der Waals surface area contributed by atoms with Crippen LogP contribution in [0.15, 0.2) is 85.5 Å². The Hall–Kier alpha value is -5.67. The third-order valence-electron chi connectivity index (χ3n) is 8.26. The summed E-state index contributed by atoms with van der Waals surface area (Å²) in [6.07, 6.45) is 6.90. The van der Waals surface area contributed by atoms with Gasteiger partial charge in [-0.1, -0.05) is 24.3 Å². The molecule has 0 unspecified atom stereocenters. The maximum atomic E-state index is 11.8. The first kappa shape index (κ1) is 35.2. The fraction of sp³-hybridized carbons (Fsp3) is 0.189.